The third-order valence-corrected chi connectivity index (χ3v) is 4.19. The molecule has 4 nitrogen and oxygen atoms in total. The Hall–Kier alpha value is -1.60. The van der Waals surface area contributed by atoms with Gasteiger partial charge >= 0.3 is 6.03 Å². The molecule has 2 aromatic rings. The number of carbonyl (C=O) groups excluding carboxylic acids is 1. The summed E-state index contributed by atoms with van der Waals surface area (Å²) in [7, 11) is 2.10. The number of amides is 2. The molecule has 2 N–H and O–H groups in total. The monoisotopic (exact) mass is 423 g/mol. The second kappa shape index (κ2) is 8.88. The van der Waals surface area contributed by atoms with Crippen molar-refractivity contribution in [1.29, 1.82) is 0 Å². The van der Waals surface area contributed by atoms with E-state index in [9.17, 15) is 4.79 Å². The fraction of sp³-hybridized carbons (Fsp3) is 0.278. The van der Waals surface area contributed by atoms with E-state index in [1.54, 1.807) is 0 Å². The molecule has 0 saturated heterocycles. The van der Waals surface area contributed by atoms with Gasteiger partial charge in [0, 0.05) is 22.3 Å². The Morgan fingerprint density at radius 2 is 1.87 bits per heavy atom. The number of hydrogen-bond acceptors (Lipinski definition) is 2. The Labute approximate surface area is 151 Å². The average molecular weight is 423 g/mol. The molecule has 0 heterocycles. The number of hydrogen-bond donors (Lipinski definition) is 2. The van der Waals surface area contributed by atoms with Gasteiger partial charge in [-0.2, -0.15) is 0 Å². The fourth-order valence-electron chi connectivity index (χ4n) is 2.19. The van der Waals surface area contributed by atoms with Crippen LogP contribution in [0.1, 0.15) is 18.1 Å². The summed E-state index contributed by atoms with van der Waals surface area (Å²) in [5, 5.41) is 5.74. The van der Waals surface area contributed by atoms with Crippen molar-refractivity contribution >= 4 is 34.3 Å². The summed E-state index contributed by atoms with van der Waals surface area (Å²) >= 11 is 2.22. The molecule has 0 aliphatic carbocycles. The van der Waals surface area contributed by atoms with Crippen molar-refractivity contribution in [2.75, 3.05) is 18.9 Å². The average Bonchev–Trinajstić information content (AvgIpc) is 2.53. The zero-order valence-corrected chi connectivity index (χ0v) is 15.6. The van der Waals surface area contributed by atoms with Gasteiger partial charge in [-0.1, -0.05) is 37.3 Å². The Balaban J connectivity index is 1.87. The van der Waals surface area contributed by atoms with Gasteiger partial charge in [-0.15, -0.1) is 0 Å². The molecule has 0 fully saturated rings. The smallest absolute Gasteiger partial charge is 0.319 e. The van der Waals surface area contributed by atoms with E-state index in [1.165, 1.54) is 5.56 Å². The Morgan fingerprint density at radius 1 is 1.13 bits per heavy atom. The van der Waals surface area contributed by atoms with Gasteiger partial charge in [0.25, 0.3) is 0 Å². The molecule has 2 amide bonds. The zero-order valence-electron chi connectivity index (χ0n) is 13.5. The summed E-state index contributed by atoms with van der Waals surface area (Å²) < 4.78 is 1.09. The van der Waals surface area contributed by atoms with E-state index < -0.39 is 0 Å². The number of nitrogens with one attached hydrogen (secondary N) is 2. The van der Waals surface area contributed by atoms with Crippen molar-refractivity contribution < 1.29 is 4.79 Å². The first kappa shape index (κ1) is 17.7. The highest BCUT2D eigenvalue weighted by molar-refractivity contribution is 14.1. The molecule has 0 radical (unpaired) electrons. The van der Waals surface area contributed by atoms with Crippen LogP contribution < -0.4 is 10.6 Å². The summed E-state index contributed by atoms with van der Waals surface area (Å²) in [6.07, 6.45) is 0. The van der Waals surface area contributed by atoms with E-state index in [4.69, 9.17) is 0 Å². The minimum atomic E-state index is -0.192. The number of rotatable bonds is 6. The molecule has 0 spiro atoms. The van der Waals surface area contributed by atoms with Gasteiger partial charge < -0.3 is 15.5 Å². The minimum Gasteiger partial charge on any atom is -0.334 e. The highest BCUT2D eigenvalue weighted by Crippen LogP contribution is 2.12. The Bertz CT molecular complexity index is 660. The molecule has 0 saturated carbocycles. The molecule has 2 aromatic carbocycles. The summed E-state index contributed by atoms with van der Waals surface area (Å²) in [4.78, 5) is 14.2. The number of benzene rings is 2. The van der Waals surface area contributed by atoms with Crippen molar-refractivity contribution in [3.63, 3.8) is 0 Å². The van der Waals surface area contributed by atoms with Crippen LogP contribution in [0, 0.1) is 3.57 Å². The predicted molar refractivity (Wildman–Crippen MR) is 103 cm³/mol. The van der Waals surface area contributed by atoms with Gasteiger partial charge in [-0.05, 0) is 65.5 Å². The predicted octanol–water partition coefficient (Wildman–Crippen LogP) is 4.06. The molecule has 23 heavy (non-hydrogen) atoms. The highest BCUT2D eigenvalue weighted by atomic mass is 127. The fourth-order valence-corrected chi connectivity index (χ4v) is 2.73. The van der Waals surface area contributed by atoms with Crippen LogP contribution in [0.3, 0.4) is 0 Å². The molecule has 5 heteroatoms. The van der Waals surface area contributed by atoms with Gasteiger partial charge in [-0.25, -0.2) is 4.79 Å². The van der Waals surface area contributed by atoms with Crippen molar-refractivity contribution in [3.05, 3.63) is 63.2 Å². The SMILES string of the molecule is CCN(C)Cc1cccc(CNC(=O)Nc2cccc(I)c2)c1. The van der Waals surface area contributed by atoms with Crippen LogP contribution in [-0.2, 0) is 13.1 Å². The van der Waals surface area contributed by atoms with E-state index in [0.29, 0.717) is 6.54 Å². The summed E-state index contributed by atoms with van der Waals surface area (Å²) in [6.45, 7) is 4.58. The topological polar surface area (TPSA) is 44.4 Å². The van der Waals surface area contributed by atoms with Crippen molar-refractivity contribution in [2.24, 2.45) is 0 Å². The van der Waals surface area contributed by atoms with Crippen LogP contribution >= 0.6 is 22.6 Å². The molecule has 0 aromatic heterocycles. The molecule has 0 aliphatic heterocycles. The maximum absolute atomic E-state index is 12.0. The van der Waals surface area contributed by atoms with Crippen LogP contribution in [-0.4, -0.2) is 24.5 Å². The Morgan fingerprint density at radius 3 is 2.61 bits per heavy atom. The molecule has 0 bridgehead atoms. The van der Waals surface area contributed by atoms with E-state index in [-0.39, 0.29) is 6.03 Å². The first-order valence-corrected chi connectivity index (χ1v) is 8.71. The summed E-state index contributed by atoms with van der Waals surface area (Å²) in [5.41, 5.74) is 3.16. The summed E-state index contributed by atoms with van der Waals surface area (Å²) in [6, 6.07) is 15.8. The molecular formula is C18H22IN3O. The van der Waals surface area contributed by atoms with Crippen LogP contribution in [0.4, 0.5) is 10.5 Å². The van der Waals surface area contributed by atoms with Gasteiger partial charge in [-0.3, -0.25) is 0 Å². The quantitative estimate of drug-likeness (QED) is 0.689. The third-order valence-electron chi connectivity index (χ3n) is 3.52. The van der Waals surface area contributed by atoms with E-state index in [1.807, 2.05) is 36.4 Å². The lowest BCUT2D eigenvalue weighted by atomic mass is 10.1. The second-order valence-corrected chi connectivity index (χ2v) is 6.71. The maximum atomic E-state index is 12.0. The summed E-state index contributed by atoms with van der Waals surface area (Å²) in [5.74, 6) is 0. The van der Waals surface area contributed by atoms with Gasteiger partial charge in [0.15, 0.2) is 0 Å². The second-order valence-electron chi connectivity index (χ2n) is 5.47. The van der Waals surface area contributed by atoms with E-state index >= 15 is 0 Å². The van der Waals surface area contributed by atoms with Crippen LogP contribution in [0.2, 0.25) is 0 Å². The number of carbonyl (C=O) groups is 1. The van der Waals surface area contributed by atoms with Gasteiger partial charge in [0.05, 0.1) is 0 Å². The van der Waals surface area contributed by atoms with Gasteiger partial charge in [0.2, 0.25) is 0 Å². The normalized spacial score (nSPS) is 10.6. The minimum absolute atomic E-state index is 0.192. The number of anilines is 1. The Kier molecular flexibility index (Phi) is 6.85. The maximum Gasteiger partial charge on any atom is 0.319 e. The highest BCUT2D eigenvalue weighted by Gasteiger charge is 2.03. The first-order chi connectivity index (χ1) is 11.1. The van der Waals surface area contributed by atoms with E-state index in [2.05, 4.69) is 64.2 Å². The number of urea groups is 1. The van der Waals surface area contributed by atoms with Crippen LogP contribution in [0.25, 0.3) is 0 Å². The lowest BCUT2D eigenvalue weighted by molar-refractivity contribution is 0.251. The molecular weight excluding hydrogens is 401 g/mol. The molecule has 0 atom stereocenters. The first-order valence-electron chi connectivity index (χ1n) is 7.63. The standard InChI is InChI=1S/C18H22IN3O/c1-3-22(2)13-15-7-4-6-14(10-15)12-20-18(23)21-17-9-5-8-16(19)11-17/h4-11H,3,12-13H2,1-2H3,(H2,20,21,23). The lowest BCUT2D eigenvalue weighted by Crippen LogP contribution is -2.28. The third kappa shape index (κ3) is 6.19. The van der Waals surface area contributed by atoms with Gasteiger partial charge in [0.1, 0.15) is 0 Å². The molecule has 2 rings (SSSR count). The lowest BCUT2D eigenvalue weighted by Gasteiger charge is -2.14. The van der Waals surface area contributed by atoms with Crippen molar-refractivity contribution in [2.45, 2.75) is 20.0 Å². The molecule has 122 valence electrons. The molecule has 0 unspecified atom stereocenters. The molecule has 0 aliphatic rings. The van der Waals surface area contributed by atoms with Crippen molar-refractivity contribution in [1.82, 2.24) is 10.2 Å². The zero-order chi connectivity index (χ0) is 16.7. The van der Waals surface area contributed by atoms with Crippen LogP contribution in [0.15, 0.2) is 48.5 Å². The number of nitrogens with zero attached hydrogens (tertiary/aromatic N) is 1. The van der Waals surface area contributed by atoms with Crippen LogP contribution in [0.5, 0.6) is 0 Å². The van der Waals surface area contributed by atoms with Crippen molar-refractivity contribution in [3.8, 4) is 0 Å². The number of halogens is 1. The largest absolute Gasteiger partial charge is 0.334 e. The van der Waals surface area contributed by atoms with E-state index in [0.717, 1.165) is 27.9 Å².